The van der Waals surface area contributed by atoms with E-state index in [2.05, 4.69) is 10.3 Å². The Bertz CT molecular complexity index is 900. The minimum absolute atomic E-state index is 0.254. The lowest BCUT2D eigenvalue weighted by atomic mass is 10.2. The molecule has 0 aliphatic heterocycles. The molecule has 0 amide bonds. The van der Waals surface area contributed by atoms with Crippen molar-refractivity contribution in [3.05, 3.63) is 69.6 Å². The summed E-state index contributed by atoms with van der Waals surface area (Å²) >= 11 is 0. The fourth-order valence-electron chi connectivity index (χ4n) is 2.44. The molecule has 0 saturated heterocycles. The van der Waals surface area contributed by atoms with Crippen molar-refractivity contribution in [3.8, 4) is 0 Å². The van der Waals surface area contributed by atoms with E-state index in [0.717, 1.165) is 16.8 Å². The number of aliphatic hydroxyl groups excluding tert-OH is 1. The third-order valence-electron chi connectivity index (χ3n) is 3.58. The van der Waals surface area contributed by atoms with E-state index < -0.39 is 0 Å². The first-order valence-corrected chi connectivity index (χ1v) is 7.05. The second kappa shape index (κ2) is 5.61. The lowest BCUT2D eigenvalue weighted by Crippen LogP contribution is -2.22. The van der Waals surface area contributed by atoms with Crippen LogP contribution in [-0.2, 0) is 6.61 Å². The molecule has 0 atom stereocenters. The smallest absolute Gasteiger partial charge is 0.265 e. The first kappa shape index (κ1) is 14.3. The van der Waals surface area contributed by atoms with Crippen LogP contribution in [0.4, 0.5) is 11.5 Å². The number of fused-ring (bicyclic) bond motifs is 1. The molecule has 22 heavy (non-hydrogen) atoms. The Balaban J connectivity index is 2.20. The molecule has 0 aliphatic rings. The number of hydrogen-bond acceptors (Lipinski definition) is 4. The van der Waals surface area contributed by atoms with Gasteiger partial charge < -0.3 is 10.4 Å². The monoisotopic (exact) mass is 295 g/mol. The molecule has 0 unspecified atom stereocenters. The molecule has 2 N–H and O–H groups in total. The van der Waals surface area contributed by atoms with Crippen LogP contribution in [-0.4, -0.2) is 14.5 Å². The molecular formula is C17H17N3O2. The summed E-state index contributed by atoms with van der Waals surface area (Å²) in [4.78, 5) is 17.0. The van der Waals surface area contributed by atoms with E-state index in [4.69, 9.17) is 0 Å². The summed E-state index contributed by atoms with van der Waals surface area (Å²) in [5.74, 6) is 0.396. The molecule has 0 spiro atoms. The maximum absolute atomic E-state index is 12.5. The summed E-state index contributed by atoms with van der Waals surface area (Å²) in [6.07, 6.45) is 1.66. The normalized spacial score (nSPS) is 10.9. The zero-order valence-corrected chi connectivity index (χ0v) is 12.5. The number of rotatable bonds is 3. The van der Waals surface area contributed by atoms with E-state index in [1.165, 1.54) is 4.40 Å². The van der Waals surface area contributed by atoms with E-state index in [1.807, 2.05) is 44.2 Å². The van der Waals surface area contributed by atoms with Gasteiger partial charge in [-0.2, -0.15) is 0 Å². The van der Waals surface area contributed by atoms with E-state index >= 15 is 0 Å². The molecule has 5 nitrogen and oxygen atoms in total. The first-order chi connectivity index (χ1) is 10.6. The van der Waals surface area contributed by atoms with E-state index in [9.17, 15) is 9.90 Å². The van der Waals surface area contributed by atoms with Gasteiger partial charge in [-0.3, -0.25) is 9.20 Å². The number of anilines is 2. The highest BCUT2D eigenvalue weighted by Gasteiger charge is 2.13. The largest absolute Gasteiger partial charge is 0.391 e. The second-order valence-electron chi connectivity index (χ2n) is 5.28. The molecule has 0 bridgehead atoms. The van der Waals surface area contributed by atoms with Gasteiger partial charge in [0.25, 0.3) is 5.56 Å². The van der Waals surface area contributed by atoms with Crippen LogP contribution in [0.2, 0.25) is 0 Å². The van der Waals surface area contributed by atoms with Gasteiger partial charge in [0.05, 0.1) is 12.2 Å². The van der Waals surface area contributed by atoms with Crippen LogP contribution >= 0.6 is 0 Å². The van der Waals surface area contributed by atoms with E-state index in [-0.39, 0.29) is 17.7 Å². The lowest BCUT2D eigenvalue weighted by molar-refractivity contribution is 0.280. The lowest BCUT2D eigenvalue weighted by Gasteiger charge is -2.12. The molecule has 0 radical (unpaired) electrons. The summed E-state index contributed by atoms with van der Waals surface area (Å²) in [5.41, 5.74) is 3.41. The predicted molar refractivity (Wildman–Crippen MR) is 86.6 cm³/mol. The topological polar surface area (TPSA) is 66.6 Å². The molecule has 1 aromatic carbocycles. The van der Waals surface area contributed by atoms with Crippen molar-refractivity contribution in [1.29, 1.82) is 0 Å². The highest BCUT2D eigenvalue weighted by Crippen LogP contribution is 2.19. The summed E-state index contributed by atoms with van der Waals surface area (Å²) in [6, 6.07) is 11.5. The molecule has 0 aliphatic carbocycles. The van der Waals surface area contributed by atoms with Crippen molar-refractivity contribution in [2.45, 2.75) is 20.5 Å². The van der Waals surface area contributed by atoms with Crippen LogP contribution in [0.1, 0.15) is 16.7 Å². The number of aryl methyl sites for hydroxylation is 2. The first-order valence-electron chi connectivity index (χ1n) is 7.05. The van der Waals surface area contributed by atoms with Crippen molar-refractivity contribution in [2.75, 3.05) is 5.32 Å². The molecule has 0 fully saturated rings. The van der Waals surface area contributed by atoms with Crippen molar-refractivity contribution in [1.82, 2.24) is 9.38 Å². The summed E-state index contributed by atoms with van der Waals surface area (Å²) in [7, 11) is 0. The SMILES string of the molecule is Cc1cccc(Nc2nc3c(C)cccn3c(=O)c2CO)c1. The highest BCUT2D eigenvalue weighted by molar-refractivity contribution is 5.63. The number of pyridine rings is 1. The van der Waals surface area contributed by atoms with Crippen LogP contribution < -0.4 is 10.9 Å². The van der Waals surface area contributed by atoms with Crippen LogP contribution in [0.5, 0.6) is 0 Å². The Morgan fingerprint density at radius 2 is 2.05 bits per heavy atom. The Morgan fingerprint density at radius 1 is 1.23 bits per heavy atom. The number of benzene rings is 1. The molecule has 3 aromatic rings. The number of aromatic nitrogens is 2. The second-order valence-corrected chi connectivity index (χ2v) is 5.28. The number of aliphatic hydroxyl groups is 1. The molecular weight excluding hydrogens is 278 g/mol. The molecule has 112 valence electrons. The predicted octanol–water partition coefficient (Wildman–Crippen LogP) is 2.55. The molecule has 0 saturated carbocycles. The van der Waals surface area contributed by atoms with Gasteiger partial charge in [0, 0.05) is 11.9 Å². The fraction of sp³-hybridized carbons (Fsp3) is 0.176. The Hall–Kier alpha value is -2.66. The van der Waals surface area contributed by atoms with Crippen LogP contribution in [0, 0.1) is 13.8 Å². The molecule has 2 heterocycles. The van der Waals surface area contributed by atoms with Crippen LogP contribution in [0.25, 0.3) is 5.65 Å². The quantitative estimate of drug-likeness (QED) is 0.779. The van der Waals surface area contributed by atoms with Gasteiger partial charge in [-0.05, 0) is 43.2 Å². The average Bonchev–Trinajstić information content (AvgIpc) is 2.49. The van der Waals surface area contributed by atoms with Gasteiger partial charge in [-0.25, -0.2) is 4.98 Å². The Kier molecular flexibility index (Phi) is 3.65. The van der Waals surface area contributed by atoms with Crippen molar-refractivity contribution in [2.24, 2.45) is 0 Å². The van der Waals surface area contributed by atoms with Gasteiger partial charge in [0.2, 0.25) is 0 Å². The minimum Gasteiger partial charge on any atom is -0.391 e. The van der Waals surface area contributed by atoms with Crippen molar-refractivity contribution in [3.63, 3.8) is 0 Å². The van der Waals surface area contributed by atoms with E-state index in [1.54, 1.807) is 12.3 Å². The maximum atomic E-state index is 12.5. The number of hydrogen-bond donors (Lipinski definition) is 2. The molecule has 3 rings (SSSR count). The fourth-order valence-corrected chi connectivity index (χ4v) is 2.44. The summed E-state index contributed by atoms with van der Waals surface area (Å²) < 4.78 is 1.46. The van der Waals surface area contributed by atoms with Gasteiger partial charge >= 0.3 is 0 Å². The van der Waals surface area contributed by atoms with Crippen molar-refractivity contribution < 1.29 is 5.11 Å². The highest BCUT2D eigenvalue weighted by atomic mass is 16.3. The Morgan fingerprint density at radius 3 is 2.77 bits per heavy atom. The number of nitrogens with one attached hydrogen (secondary N) is 1. The van der Waals surface area contributed by atoms with Gasteiger partial charge in [-0.1, -0.05) is 18.2 Å². The zero-order chi connectivity index (χ0) is 15.7. The summed E-state index contributed by atoms with van der Waals surface area (Å²) in [5, 5.41) is 12.7. The standard InChI is InChI=1S/C17H17N3O2/c1-11-5-3-7-13(9-11)18-15-14(10-21)17(22)20-8-4-6-12(2)16(20)19-15/h3-9,18,21H,10H2,1-2H3. The Labute approximate surface area is 127 Å². The van der Waals surface area contributed by atoms with Gasteiger partial charge in [-0.15, -0.1) is 0 Å². The van der Waals surface area contributed by atoms with E-state index in [0.29, 0.717) is 11.5 Å². The van der Waals surface area contributed by atoms with Crippen LogP contribution in [0.15, 0.2) is 47.4 Å². The third-order valence-corrected chi connectivity index (χ3v) is 3.58. The maximum Gasteiger partial charge on any atom is 0.265 e. The third kappa shape index (κ3) is 2.46. The van der Waals surface area contributed by atoms with Gasteiger partial charge in [0.15, 0.2) is 0 Å². The zero-order valence-electron chi connectivity index (χ0n) is 12.5. The molecule has 5 heteroatoms. The van der Waals surface area contributed by atoms with Crippen LogP contribution in [0.3, 0.4) is 0 Å². The average molecular weight is 295 g/mol. The minimum atomic E-state index is -0.364. The number of nitrogens with zero attached hydrogens (tertiary/aromatic N) is 2. The summed E-state index contributed by atoms with van der Waals surface area (Å²) in [6.45, 7) is 3.53. The molecule has 2 aromatic heterocycles. The van der Waals surface area contributed by atoms with Gasteiger partial charge in [0.1, 0.15) is 11.5 Å². The van der Waals surface area contributed by atoms with Crippen molar-refractivity contribution >= 4 is 17.2 Å².